The van der Waals surface area contributed by atoms with Crippen LogP contribution in [0.3, 0.4) is 0 Å². The molecule has 0 aromatic heterocycles. The summed E-state index contributed by atoms with van der Waals surface area (Å²) in [5.74, 6) is -2.56. The zero-order valence-corrected chi connectivity index (χ0v) is 15.9. The Balaban J connectivity index is 2.35. The number of nitrogens with zero attached hydrogens (tertiary/aromatic N) is 1. The van der Waals surface area contributed by atoms with Gasteiger partial charge in [-0.1, -0.05) is 0 Å². The fourth-order valence-corrected chi connectivity index (χ4v) is 5.74. The summed E-state index contributed by atoms with van der Waals surface area (Å²) in [5, 5.41) is 0. The minimum Gasteiger partial charge on any atom is -0.468 e. The molecule has 0 unspecified atom stereocenters. The van der Waals surface area contributed by atoms with Crippen molar-refractivity contribution in [3.8, 4) is 0 Å². The molecule has 1 fully saturated rings. The summed E-state index contributed by atoms with van der Waals surface area (Å²) in [7, 11) is -6.65. The third-order valence-corrected chi connectivity index (χ3v) is 7.38. The van der Waals surface area contributed by atoms with Crippen molar-refractivity contribution in [2.45, 2.75) is 17.9 Å². The van der Waals surface area contributed by atoms with Gasteiger partial charge in [-0.2, -0.15) is 4.31 Å². The highest BCUT2D eigenvalue weighted by atomic mass is 32.2. The highest BCUT2D eigenvalue weighted by Crippen LogP contribution is 2.23. The monoisotopic (exact) mass is 405 g/mol. The van der Waals surface area contributed by atoms with Crippen molar-refractivity contribution < 1.29 is 35.9 Å². The van der Waals surface area contributed by atoms with Gasteiger partial charge in [-0.3, -0.25) is 4.79 Å². The highest BCUT2D eigenvalue weighted by molar-refractivity contribution is 7.92. The van der Waals surface area contributed by atoms with E-state index in [0.29, 0.717) is 0 Å². The van der Waals surface area contributed by atoms with E-state index < -0.39 is 43.6 Å². The standard InChI is InChI=1S/C15H19NO8S2/c1-3-24-14(17)11-4-6-12(7-5-11)26(21,22)16-8-9-25(19,20)10-13(16)15(18)23-2/h4-7,13H,3,8-10H2,1-2H3/t13-/m1/s1. The van der Waals surface area contributed by atoms with Gasteiger partial charge in [-0.25, -0.2) is 21.6 Å². The second-order valence-corrected chi connectivity index (χ2v) is 9.63. The summed E-state index contributed by atoms with van der Waals surface area (Å²) in [6, 6.07) is 3.55. The van der Waals surface area contributed by atoms with E-state index in [1.165, 1.54) is 24.3 Å². The Hall–Kier alpha value is -1.98. The Bertz CT molecular complexity index is 890. The summed E-state index contributed by atoms with van der Waals surface area (Å²) < 4.78 is 59.5. The van der Waals surface area contributed by atoms with Crippen LogP contribution in [0.1, 0.15) is 17.3 Å². The number of carbonyl (C=O) groups is 2. The van der Waals surface area contributed by atoms with E-state index >= 15 is 0 Å². The molecule has 26 heavy (non-hydrogen) atoms. The highest BCUT2D eigenvalue weighted by Gasteiger charge is 2.43. The third kappa shape index (κ3) is 4.22. The van der Waals surface area contributed by atoms with E-state index in [9.17, 15) is 26.4 Å². The molecular weight excluding hydrogens is 386 g/mol. The average Bonchev–Trinajstić information content (AvgIpc) is 2.60. The molecule has 144 valence electrons. The van der Waals surface area contributed by atoms with E-state index in [-0.39, 0.29) is 29.4 Å². The lowest BCUT2D eigenvalue weighted by Crippen LogP contribution is -2.54. The first kappa shape index (κ1) is 20.3. The summed E-state index contributed by atoms with van der Waals surface area (Å²) in [6.45, 7) is 1.47. The first-order chi connectivity index (χ1) is 12.1. The molecule has 1 atom stereocenters. The van der Waals surface area contributed by atoms with Gasteiger partial charge >= 0.3 is 11.9 Å². The molecule has 0 radical (unpaired) electrons. The summed E-state index contributed by atoms with van der Waals surface area (Å²) in [6.07, 6.45) is 0. The summed E-state index contributed by atoms with van der Waals surface area (Å²) in [5.41, 5.74) is 0.177. The molecule has 0 spiro atoms. The molecule has 9 nitrogen and oxygen atoms in total. The Kier molecular flexibility index (Phi) is 6.04. The number of esters is 2. The Morgan fingerprint density at radius 2 is 1.85 bits per heavy atom. The minimum atomic E-state index is -4.16. The van der Waals surface area contributed by atoms with Crippen molar-refractivity contribution in [2.24, 2.45) is 0 Å². The van der Waals surface area contributed by atoms with Crippen molar-refractivity contribution in [3.63, 3.8) is 0 Å². The van der Waals surface area contributed by atoms with Crippen molar-refractivity contribution in [2.75, 3.05) is 31.8 Å². The van der Waals surface area contributed by atoms with Crippen LogP contribution in [0, 0.1) is 0 Å². The molecule has 1 aliphatic heterocycles. The van der Waals surface area contributed by atoms with Crippen LogP contribution in [0.25, 0.3) is 0 Å². The molecule has 1 aromatic rings. The normalized spacial score (nSPS) is 20.3. The van der Waals surface area contributed by atoms with Crippen LogP contribution < -0.4 is 0 Å². The van der Waals surface area contributed by atoms with Crippen LogP contribution in [-0.2, 0) is 34.1 Å². The van der Waals surface area contributed by atoms with Crippen LogP contribution in [-0.4, -0.2) is 70.9 Å². The predicted molar refractivity (Wildman–Crippen MR) is 90.7 cm³/mol. The zero-order valence-electron chi connectivity index (χ0n) is 14.2. The Morgan fingerprint density at radius 1 is 1.23 bits per heavy atom. The van der Waals surface area contributed by atoms with Gasteiger partial charge in [-0.15, -0.1) is 0 Å². The van der Waals surface area contributed by atoms with E-state index in [0.717, 1.165) is 11.4 Å². The molecule has 1 aliphatic rings. The SMILES string of the molecule is CCOC(=O)c1ccc(S(=O)(=O)N2CCS(=O)(=O)C[C@@H]2C(=O)OC)cc1. The molecule has 2 rings (SSSR count). The summed E-state index contributed by atoms with van der Waals surface area (Å²) in [4.78, 5) is 23.4. The van der Waals surface area contributed by atoms with Crippen LogP contribution in [0.15, 0.2) is 29.2 Å². The van der Waals surface area contributed by atoms with Crippen molar-refractivity contribution in [1.29, 1.82) is 0 Å². The molecule has 1 aromatic carbocycles. The van der Waals surface area contributed by atoms with E-state index in [4.69, 9.17) is 4.74 Å². The Morgan fingerprint density at radius 3 is 2.38 bits per heavy atom. The average molecular weight is 405 g/mol. The molecule has 0 aliphatic carbocycles. The van der Waals surface area contributed by atoms with E-state index in [2.05, 4.69) is 4.74 Å². The lowest BCUT2D eigenvalue weighted by Gasteiger charge is -2.32. The maximum atomic E-state index is 12.8. The van der Waals surface area contributed by atoms with E-state index in [1.54, 1.807) is 6.92 Å². The molecular formula is C15H19NO8S2. The molecule has 0 N–H and O–H groups in total. The third-order valence-electron chi connectivity index (χ3n) is 3.83. The smallest absolute Gasteiger partial charge is 0.338 e. The predicted octanol–water partition coefficient (Wildman–Crippen LogP) is -0.176. The zero-order chi connectivity index (χ0) is 19.5. The van der Waals surface area contributed by atoms with Gasteiger partial charge in [0.2, 0.25) is 10.0 Å². The Labute approximate surface area is 151 Å². The summed E-state index contributed by atoms with van der Waals surface area (Å²) >= 11 is 0. The van der Waals surface area contributed by atoms with Gasteiger partial charge in [0.05, 0.1) is 35.7 Å². The van der Waals surface area contributed by atoms with Crippen LogP contribution >= 0.6 is 0 Å². The number of ether oxygens (including phenoxy) is 2. The maximum absolute atomic E-state index is 12.8. The minimum absolute atomic E-state index is 0.168. The topological polar surface area (TPSA) is 124 Å². The van der Waals surface area contributed by atoms with Gasteiger partial charge in [0.15, 0.2) is 9.84 Å². The van der Waals surface area contributed by atoms with Gasteiger partial charge in [0.25, 0.3) is 0 Å². The molecule has 0 bridgehead atoms. The lowest BCUT2D eigenvalue weighted by atomic mass is 10.2. The number of benzene rings is 1. The van der Waals surface area contributed by atoms with Gasteiger partial charge in [-0.05, 0) is 31.2 Å². The first-order valence-electron chi connectivity index (χ1n) is 7.69. The van der Waals surface area contributed by atoms with Crippen LogP contribution in [0.5, 0.6) is 0 Å². The van der Waals surface area contributed by atoms with Gasteiger partial charge in [0.1, 0.15) is 6.04 Å². The van der Waals surface area contributed by atoms with Crippen LogP contribution in [0.2, 0.25) is 0 Å². The number of hydrogen-bond donors (Lipinski definition) is 0. The van der Waals surface area contributed by atoms with Gasteiger partial charge < -0.3 is 9.47 Å². The molecule has 0 saturated carbocycles. The molecule has 11 heteroatoms. The second kappa shape index (κ2) is 7.72. The van der Waals surface area contributed by atoms with Crippen molar-refractivity contribution in [1.82, 2.24) is 4.31 Å². The lowest BCUT2D eigenvalue weighted by molar-refractivity contribution is -0.144. The number of methoxy groups -OCH3 is 1. The van der Waals surface area contributed by atoms with Crippen molar-refractivity contribution >= 4 is 31.8 Å². The number of hydrogen-bond acceptors (Lipinski definition) is 8. The van der Waals surface area contributed by atoms with Gasteiger partial charge in [0, 0.05) is 6.54 Å². The largest absolute Gasteiger partial charge is 0.468 e. The second-order valence-electron chi connectivity index (χ2n) is 5.51. The number of rotatable bonds is 5. The maximum Gasteiger partial charge on any atom is 0.338 e. The fraction of sp³-hybridized carbons (Fsp3) is 0.467. The van der Waals surface area contributed by atoms with Crippen LogP contribution in [0.4, 0.5) is 0 Å². The molecule has 1 heterocycles. The quantitative estimate of drug-likeness (QED) is 0.618. The fourth-order valence-electron chi connectivity index (χ4n) is 2.51. The van der Waals surface area contributed by atoms with Crippen molar-refractivity contribution in [3.05, 3.63) is 29.8 Å². The number of sulfone groups is 1. The molecule has 0 amide bonds. The number of sulfonamides is 1. The van der Waals surface area contributed by atoms with E-state index in [1.807, 2.05) is 0 Å². The molecule has 1 saturated heterocycles. The first-order valence-corrected chi connectivity index (χ1v) is 11.0. The number of carbonyl (C=O) groups excluding carboxylic acids is 2.